The van der Waals surface area contributed by atoms with Gasteiger partial charge < -0.3 is 9.84 Å². The molecule has 1 amide bonds. The number of carbonyl (C=O) groups is 1. The molecule has 0 saturated heterocycles. The van der Waals surface area contributed by atoms with Crippen molar-refractivity contribution < 1.29 is 9.32 Å². The van der Waals surface area contributed by atoms with Crippen LogP contribution in [0, 0.1) is 20.8 Å². The first-order valence-corrected chi connectivity index (χ1v) is 10.3. The number of nitrogens with one attached hydrogen (secondary N) is 1. The Bertz CT molecular complexity index is 634. The van der Waals surface area contributed by atoms with Crippen LogP contribution in [0.15, 0.2) is 28.8 Å². The molecule has 0 unspecified atom stereocenters. The molecule has 2 rings (SSSR count). The van der Waals surface area contributed by atoms with Gasteiger partial charge in [0, 0.05) is 29.4 Å². The van der Waals surface area contributed by atoms with Gasteiger partial charge in [-0.2, -0.15) is 11.8 Å². The zero-order chi connectivity index (χ0) is 17.4. The zero-order valence-electron chi connectivity index (χ0n) is 14.4. The van der Waals surface area contributed by atoms with Crippen molar-refractivity contribution in [2.45, 2.75) is 32.3 Å². The first kappa shape index (κ1) is 18.9. The summed E-state index contributed by atoms with van der Waals surface area (Å²) >= 11 is 3.43. The van der Waals surface area contributed by atoms with Crippen molar-refractivity contribution in [1.29, 1.82) is 0 Å². The van der Waals surface area contributed by atoms with Crippen molar-refractivity contribution in [3.05, 3.63) is 52.4 Å². The Morgan fingerprint density at radius 2 is 1.88 bits per heavy atom. The van der Waals surface area contributed by atoms with Gasteiger partial charge in [-0.15, -0.1) is 11.8 Å². The highest BCUT2D eigenvalue weighted by Gasteiger charge is 2.09. The Balaban J connectivity index is 1.54. The van der Waals surface area contributed by atoms with Crippen molar-refractivity contribution in [3.63, 3.8) is 0 Å². The summed E-state index contributed by atoms with van der Waals surface area (Å²) in [7, 11) is 0. The number of carbonyl (C=O) groups excluding carboxylic acids is 1. The van der Waals surface area contributed by atoms with E-state index in [1.54, 1.807) is 11.8 Å². The maximum absolute atomic E-state index is 11.8. The Morgan fingerprint density at radius 3 is 2.54 bits per heavy atom. The van der Waals surface area contributed by atoms with E-state index >= 15 is 0 Å². The zero-order valence-corrected chi connectivity index (χ0v) is 16.1. The molecule has 0 aliphatic carbocycles. The topological polar surface area (TPSA) is 55.1 Å². The van der Waals surface area contributed by atoms with Gasteiger partial charge in [0.05, 0.1) is 11.4 Å². The van der Waals surface area contributed by atoms with Crippen LogP contribution in [0.2, 0.25) is 0 Å². The van der Waals surface area contributed by atoms with E-state index in [-0.39, 0.29) is 5.91 Å². The van der Waals surface area contributed by atoms with Crippen molar-refractivity contribution in [2.24, 2.45) is 0 Å². The Kier molecular flexibility index (Phi) is 7.72. The van der Waals surface area contributed by atoms with Crippen LogP contribution in [0.1, 0.15) is 28.1 Å². The van der Waals surface area contributed by atoms with Gasteiger partial charge >= 0.3 is 0 Å². The van der Waals surface area contributed by atoms with E-state index in [1.807, 2.05) is 25.6 Å². The van der Waals surface area contributed by atoms with E-state index in [1.165, 1.54) is 11.1 Å². The number of hydrogen-bond donors (Lipinski definition) is 1. The molecule has 0 spiro atoms. The van der Waals surface area contributed by atoms with Gasteiger partial charge in [-0.1, -0.05) is 35.0 Å². The summed E-state index contributed by atoms with van der Waals surface area (Å²) in [6.07, 6.45) is 0. The fraction of sp³-hybridized carbons (Fsp3) is 0.444. The second-order valence-corrected chi connectivity index (χ2v) is 7.77. The van der Waals surface area contributed by atoms with Gasteiger partial charge in [-0.25, -0.2) is 0 Å². The number of hydrogen-bond acceptors (Lipinski definition) is 5. The lowest BCUT2D eigenvalue weighted by atomic mass is 10.2. The molecule has 0 saturated carbocycles. The number of rotatable bonds is 9. The van der Waals surface area contributed by atoms with E-state index in [0.717, 1.165) is 34.3 Å². The predicted octanol–water partition coefficient (Wildman–Crippen LogP) is 3.88. The fourth-order valence-electron chi connectivity index (χ4n) is 2.14. The summed E-state index contributed by atoms with van der Waals surface area (Å²) in [4.78, 5) is 11.8. The van der Waals surface area contributed by atoms with Crippen molar-refractivity contribution >= 4 is 29.4 Å². The van der Waals surface area contributed by atoms with Crippen molar-refractivity contribution in [2.75, 3.05) is 18.1 Å². The molecule has 0 radical (unpaired) electrons. The number of amides is 1. The summed E-state index contributed by atoms with van der Waals surface area (Å²) in [6, 6.07) is 8.58. The van der Waals surface area contributed by atoms with E-state index in [2.05, 4.69) is 41.7 Å². The largest absolute Gasteiger partial charge is 0.361 e. The van der Waals surface area contributed by atoms with Gasteiger partial charge in [0.1, 0.15) is 5.76 Å². The number of aryl methyl sites for hydroxylation is 3. The quantitative estimate of drug-likeness (QED) is 0.684. The van der Waals surface area contributed by atoms with E-state index in [9.17, 15) is 4.79 Å². The summed E-state index contributed by atoms with van der Waals surface area (Å²) in [5, 5.41) is 6.89. The minimum Gasteiger partial charge on any atom is -0.361 e. The highest BCUT2D eigenvalue weighted by atomic mass is 32.2. The van der Waals surface area contributed by atoms with Crippen LogP contribution < -0.4 is 5.32 Å². The summed E-state index contributed by atoms with van der Waals surface area (Å²) in [6.45, 7) is 6.64. The molecule has 0 fully saturated rings. The molecule has 6 heteroatoms. The van der Waals surface area contributed by atoms with Gasteiger partial charge in [-0.05, 0) is 26.3 Å². The summed E-state index contributed by atoms with van der Waals surface area (Å²) in [5.74, 6) is 4.06. The molecule has 24 heavy (non-hydrogen) atoms. The molecule has 1 N–H and O–H groups in total. The Labute approximate surface area is 152 Å². The third kappa shape index (κ3) is 6.24. The van der Waals surface area contributed by atoms with Crippen LogP contribution in [0.25, 0.3) is 0 Å². The third-order valence-electron chi connectivity index (χ3n) is 3.62. The van der Waals surface area contributed by atoms with Crippen LogP contribution >= 0.6 is 23.5 Å². The third-order valence-corrected chi connectivity index (χ3v) is 5.61. The lowest BCUT2D eigenvalue weighted by Gasteiger charge is -2.06. The van der Waals surface area contributed by atoms with Gasteiger partial charge in [-0.3, -0.25) is 4.79 Å². The molecule has 2 aromatic rings. The number of nitrogens with zero attached hydrogens (tertiary/aromatic N) is 1. The summed E-state index contributed by atoms with van der Waals surface area (Å²) in [5.41, 5.74) is 4.62. The smallest absolute Gasteiger partial charge is 0.230 e. The summed E-state index contributed by atoms with van der Waals surface area (Å²) < 4.78 is 5.12. The van der Waals surface area contributed by atoms with Crippen molar-refractivity contribution in [3.8, 4) is 0 Å². The maximum Gasteiger partial charge on any atom is 0.230 e. The molecule has 4 nitrogen and oxygen atoms in total. The van der Waals surface area contributed by atoms with Gasteiger partial charge in [0.2, 0.25) is 5.91 Å². The minimum atomic E-state index is 0.0858. The lowest BCUT2D eigenvalue weighted by molar-refractivity contribution is -0.118. The van der Waals surface area contributed by atoms with Gasteiger partial charge in [0.15, 0.2) is 0 Å². The van der Waals surface area contributed by atoms with Crippen LogP contribution in [-0.2, 0) is 16.3 Å². The number of benzene rings is 1. The molecule has 0 bridgehead atoms. The molecular weight excluding hydrogens is 340 g/mol. The first-order chi connectivity index (χ1) is 11.6. The van der Waals surface area contributed by atoms with Crippen LogP contribution in [0.5, 0.6) is 0 Å². The SMILES string of the molecule is Cc1ccc(CSCCNC(=O)CSCc2c(C)noc2C)cc1. The molecule has 1 aromatic heterocycles. The minimum absolute atomic E-state index is 0.0858. The van der Waals surface area contributed by atoms with Crippen LogP contribution in [0.3, 0.4) is 0 Å². The fourth-order valence-corrected chi connectivity index (χ4v) is 3.97. The molecule has 0 aliphatic heterocycles. The van der Waals surface area contributed by atoms with Crippen LogP contribution in [0.4, 0.5) is 0 Å². The molecule has 130 valence electrons. The van der Waals surface area contributed by atoms with E-state index in [4.69, 9.17) is 4.52 Å². The lowest BCUT2D eigenvalue weighted by Crippen LogP contribution is -2.27. The molecule has 1 aromatic carbocycles. The molecule has 0 atom stereocenters. The number of thioether (sulfide) groups is 2. The predicted molar refractivity (Wildman–Crippen MR) is 102 cm³/mol. The van der Waals surface area contributed by atoms with Gasteiger partial charge in [0.25, 0.3) is 0 Å². The average molecular weight is 365 g/mol. The monoisotopic (exact) mass is 364 g/mol. The maximum atomic E-state index is 11.8. The number of aromatic nitrogens is 1. The molecule has 1 heterocycles. The second-order valence-electron chi connectivity index (χ2n) is 5.68. The van der Waals surface area contributed by atoms with Crippen LogP contribution in [-0.4, -0.2) is 29.1 Å². The first-order valence-electron chi connectivity index (χ1n) is 7.95. The Morgan fingerprint density at radius 1 is 1.12 bits per heavy atom. The second kappa shape index (κ2) is 9.79. The van der Waals surface area contributed by atoms with Crippen molar-refractivity contribution in [1.82, 2.24) is 10.5 Å². The standard InChI is InChI=1S/C18H24N2O2S2/c1-13-4-6-16(7-5-13)10-23-9-8-19-18(21)12-24-11-17-14(2)20-22-15(17)3/h4-7H,8-12H2,1-3H3,(H,19,21). The highest BCUT2D eigenvalue weighted by Crippen LogP contribution is 2.19. The van der Waals surface area contributed by atoms with E-state index < -0.39 is 0 Å². The highest BCUT2D eigenvalue weighted by molar-refractivity contribution is 7.99. The molecular formula is C18H24N2O2S2. The Hall–Kier alpha value is -1.40. The van der Waals surface area contributed by atoms with E-state index in [0.29, 0.717) is 12.3 Å². The molecule has 0 aliphatic rings. The normalized spacial score (nSPS) is 10.8. The average Bonchev–Trinajstić information content (AvgIpc) is 2.88.